The van der Waals surface area contributed by atoms with E-state index < -0.39 is 0 Å². The Kier molecular flexibility index (Phi) is 6.56. The Morgan fingerprint density at radius 1 is 0.480 bits per heavy atom. The minimum absolute atomic E-state index is 0.615. The molecule has 6 aromatic carbocycles. The molecule has 0 unspecified atom stereocenters. The summed E-state index contributed by atoms with van der Waals surface area (Å²) in [5.41, 5.74) is 10.6. The molecule has 3 aromatic heterocycles. The lowest BCUT2D eigenvalue weighted by Crippen LogP contribution is -2.01. The maximum absolute atomic E-state index is 6.21. The molecule has 1 aliphatic carbocycles. The van der Waals surface area contributed by atoms with Crippen molar-refractivity contribution in [1.29, 1.82) is 0 Å². The molecular weight excluding hydrogens is 613 g/mol. The van der Waals surface area contributed by atoms with Gasteiger partial charge in [0.15, 0.2) is 17.5 Å². The number of rotatable bonds is 5. The largest absolute Gasteiger partial charge is 0.456 e. The van der Waals surface area contributed by atoms with Gasteiger partial charge in [-0.05, 0) is 54.3 Å². The summed E-state index contributed by atoms with van der Waals surface area (Å²) in [6.07, 6.45) is 6.66. The Morgan fingerprint density at radius 2 is 1.06 bits per heavy atom. The van der Waals surface area contributed by atoms with Crippen molar-refractivity contribution in [2.45, 2.75) is 12.8 Å². The molecule has 0 spiro atoms. The molecular formula is C45H30N4O. The molecule has 0 amide bonds. The highest BCUT2D eigenvalue weighted by Gasteiger charge is 2.19. The summed E-state index contributed by atoms with van der Waals surface area (Å²) in [7, 11) is 0. The van der Waals surface area contributed by atoms with Crippen LogP contribution in [0.25, 0.3) is 89.2 Å². The molecule has 0 bridgehead atoms. The topological polar surface area (TPSA) is 56.7 Å². The fourth-order valence-electron chi connectivity index (χ4n) is 7.41. The van der Waals surface area contributed by atoms with Gasteiger partial charge in [-0.15, -0.1) is 0 Å². The van der Waals surface area contributed by atoms with E-state index in [-0.39, 0.29) is 0 Å². The fourth-order valence-corrected chi connectivity index (χ4v) is 7.41. The molecule has 5 heteroatoms. The second-order valence-corrected chi connectivity index (χ2v) is 12.7. The lowest BCUT2D eigenvalue weighted by Gasteiger charge is -2.18. The van der Waals surface area contributed by atoms with Crippen molar-refractivity contribution in [3.63, 3.8) is 0 Å². The van der Waals surface area contributed by atoms with Crippen LogP contribution in [0.4, 0.5) is 0 Å². The summed E-state index contributed by atoms with van der Waals surface area (Å²) in [5, 5.41) is 4.62. The third-order valence-corrected chi connectivity index (χ3v) is 9.74. The van der Waals surface area contributed by atoms with Gasteiger partial charge in [0.1, 0.15) is 11.2 Å². The molecule has 9 aromatic rings. The first-order valence-corrected chi connectivity index (χ1v) is 17.0. The highest BCUT2D eigenvalue weighted by molar-refractivity contribution is 6.12. The third kappa shape index (κ3) is 4.66. The van der Waals surface area contributed by atoms with Crippen LogP contribution < -0.4 is 0 Å². The molecule has 3 heterocycles. The number of aromatic nitrogens is 4. The average Bonchev–Trinajstić information content (AvgIpc) is 3.74. The van der Waals surface area contributed by atoms with E-state index in [9.17, 15) is 0 Å². The molecule has 5 nitrogen and oxygen atoms in total. The van der Waals surface area contributed by atoms with E-state index in [1.54, 1.807) is 0 Å². The second kappa shape index (κ2) is 11.5. The predicted molar refractivity (Wildman–Crippen MR) is 204 cm³/mol. The Balaban J connectivity index is 1.06. The smallest absolute Gasteiger partial charge is 0.164 e. The van der Waals surface area contributed by atoms with Crippen LogP contribution in [-0.4, -0.2) is 19.5 Å². The first-order chi connectivity index (χ1) is 24.8. The Labute approximate surface area is 288 Å². The van der Waals surface area contributed by atoms with Crippen LogP contribution >= 0.6 is 0 Å². The first kappa shape index (κ1) is 28.4. The van der Waals surface area contributed by atoms with Crippen molar-refractivity contribution in [1.82, 2.24) is 19.5 Å². The van der Waals surface area contributed by atoms with E-state index in [0.717, 1.165) is 51.5 Å². The van der Waals surface area contributed by atoms with Crippen LogP contribution in [0, 0.1) is 0 Å². The van der Waals surface area contributed by atoms with Crippen LogP contribution in [0.1, 0.15) is 18.4 Å². The second-order valence-electron chi connectivity index (χ2n) is 12.7. The number of benzene rings is 6. The van der Waals surface area contributed by atoms with Crippen molar-refractivity contribution in [3.8, 4) is 34.2 Å². The SMILES string of the molecule is C1=C(c2ccc(-c3nc(-c4ccccc4)nc(-c4cccc5oc6ccccc6c45)n3)cc2)C=C(n2c3ccccc3c3ccccc32)CC1. The lowest BCUT2D eigenvalue weighted by atomic mass is 9.96. The molecule has 10 rings (SSSR count). The summed E-state index contributed by atoms with van der Waals surface area (Å²) < 4.78 is 8.64. The molecule has 0 fully saturated rings. The number of hydrogen-bond acceptors (Lipinski definition) is 4. The Hall–Kier alpha value is -6.59. The number of para-hydroxylation sites is 3. The zero-order valence-corrected chi connectivity index (χ0v) is 27.1. The highest BCUT2D eigenvalue weighted by atomic mass is 16.3. The van der Waals surface area contributed by atoms with E-state index in [0.29, 0.717) is 17.5 Å². The summed E-state index contributed by atoms with van der Waals surface area (Å²) in [4.78, 5) is 15.1. The van der Waals surface area contributed by atoms with Gasteiger partial charge in [-0.25, -0.2) is 15.0 Å². The van der Waals surface area contributed by atoms with Crippen molar-refractivity contribution in [2.24, 2.45) is 0 Å². The van der Waals surface area contributed by atoms with Crippen LogP contribution in [0.3, 0.4) is 0 Å². The molecule has 50 heavy (non-hydrogen) atoms. The van der Waals surface area contributed by atoms with Crippen molar-refractivity contribution < 1.29 is 4.42 Å². The van der Waals surface area contributed by atoms with E-state index in [1.807, 2.05) is 60.7 Å². The maximum Gasteiger partial charge on any atom is 0.164 e. The summed E-state index contributed by atoms with van der Waals surface area (Å²) in [6, 6.07) is 50.3. The molecule has 236 valence electrons. The van der Waals surface area contributed by atoms with Gasteiger partial charge in [-0.3, -0.25) is 0 Å². The quantitative estimate of drug-likeness (QED) is 0.187. The minimum atomic E-state index is 0.615. The van der Waals surface area contributed by atoms with Gasteiger partial charge in [-0.2, -0.15) is 0 Å². The summed E-state index contributed by atoms with van der Waals surface area (Å²) >= 11 is 0. The van der Waals surface area contributed by atoms with Gasteiger partial charge in [0.2, 0.25) is 0 Å². The van der Waals surface area contributed by atoms with Gasteiger partial charge in [0.05, 0.1) is 11.0 Å². The lowest BCUT2D eigenvalue weighted by molar-refractivity contribution is 0.669. The molecule has 0 radical (unpaired) electrons. The Morgan fingerprint density at radius 3 is 1.80 bits per heavy atom. The number of nitrogens with zero attached hydrogens (tertiary/aromatic N) is 4. The number of furan rings is 1. The van der Waals surface area contributed by atoms with Crippen molar-refractivity contribution in [3.05, 3.63) is 163 Å². The summed E-state index contributed by atoms with van der Waals surface area (Å²) in [5.74, 6) is 1.88. The third-order valence-electron chi connectivity index (χ3n) is 9.74. The minimum Gasteiger partial charge on any atom is -0.456 e. The zero-order chi connectivity index (χ0) is 33.0. The van der Waals surface area contributed by atoms with Gasteiger partial charge in [-0.1, -0.05) is 127 Å². The molecule has 0 saturated carbocycles. The van der Waals surface area contributed by atoms with Gasteiger partial charge in [0.25, 0.3) is 0 Å². The van der Waals surface area contributed by atoms with Gasteiger partial charge in [0, 0.05) is 43.9 Å². The number of fused-ring (bicyclic) bond motifs is 6. The highest BCUT2D eigenvalue weighted by Crippen LogP contribution is 2.38. The average molecular weight is 643 g/mol. The predicted octanol–water partition coefficient (Wildman–Crippen LogP) is 11.6. The van der Waals surface area contributed by atoms with Crippen molar-refractivity contribution >= 4 is 55.0 Å². The fraction of sp³-hybridized carbons (Fsp3) is 0.0444. The first-order valence-electron chi connectivity index (χ1n) is 17.0. The van der Waals surface area contributed by atoms with Gasteiger partial charge >= 0.3 is 0 Å². The van der Waals surface area contributed by atoms with Crippen LogP contribution in [0.15, 0.2) is 162 Å². The Bertz CT molecular complexity index is 2750. The van der Waals surface area contributed by atoms with E-state index >= 15 is 0 Å². The van der Waals surface area contributed by atoms with E-state index in [2.05, 4.69) is 102 Å². The van der Waals surface area contributed by atoms with Gasteiger partial charge < -0.3 is 8.98 Å². The standard InChI is InChI=1S/C45H30N4O/c1-2-12-30(13-3-1)43-46-44(48-45(47-43)37-19-11-23-41-42(37)36-18-6-9-22-40(36)50-41)31-26-24-29(25-27-31)32-14-10-15-33(28-32)49-38-20-7-4-16-34(38)35-17-5-8-21-39(35)49/h1-9,11-14,16-28H,10,15H2. The molecule has 0 aliphatic heterocycles. The molecule has 0 N–H and O–H groups in total. The van der Waals surface area contributed by atoms with Crippen LogP contribution in [0.2, 0.25) is 0 Å². The molecule has 0 saturated heterocycles. The number of allylic oxidation sites excluding steroid dienone is 4. The number of hydrogen-bond donors (Lipinski definition) is 0. The molecule has 0 atom stereocenters. The normalized spacial score (nSPS) is 13.3. The van der Waals surface area contributed by atoms with Crippen molar-refractivity contribution in [2.75, 3.05) is 0 Å². The molecule has 1 aliphatic rings. The zero-order valence-electron chi connectivity index (χ0n) is 27.1. The van der Waals surface area contributed by atoms with Crippen LogP contribution in [0.5, 0.6) is 0 Å². The van der Waals surface area contributed by atoms with E-state index in [4.69, 9.17) is 19.4 Å². The summed E-state index contributed by atoms with van der Waals surface area (Å²) in [6.45, 7) is 0. The monoisotopic (exact) mass is 642 g/mol. The van der Waals surface area contributed by atoms with Crippen LogP contribution in [-0.2, 0) is 0 Å². The maximum atomic E-state index is 6.21. The van der Waals surface area contributed by atoms with E-state index in [1.165, 1.54) is 38.6 Å².